The van der Waals surface area contributed by atoms with Crippen molar-refractivity contribution in [3.05, 3.63) is 39.4 Å². The monoisotopic (exact) mass is 202 g/mol. The second kappa shape index (κ2) is 3.36. The highest BCUT2D eigenvalue weighted by atomic mass is 19.1. The van der Waals surface area contributed by atoms with Crippen molar-refractivity contribution >= 4 is 11.6 Å². The number of carbonyl (C=O) groups excluding carboxylic acids is 1. The van der Waals surface area contributed by atoms with Crippen LogP contribution in [-0.4, -0.2) is 10.8 Å². The summed E-state index contributed by atoms with van der Waals surface area (Å²) in [5, 5.41) is 10.3. The van der Waals surface area contributed by atoms with E-state index in [1.807, 2.05) is 0 Å². The molecule has 14 heavy (non-hydrogen) atoms. The van der Waals surface area contributed by atoms with E-state index in [0.29, 0.717) is 12.1 Å². The van der Waals surface area contributed by atoms with Gasteiger partial charge in [0.25, 0.3) is 5.91 Å². The molecule has 0 aromatic heterocycles. The molecule has 2 N–H and O–H groups in total. The minimum atomic E-state index is -1.38. The molecule has 1 aromatic rings. The Morgan fingerprint density at radius 2 is 1.86 bits per heavy atom. The Morgan fingerprint density at radius 3 is 2.21 bits per heavy atom. The molecule has 0 aliphatic heterocycles. The standard InChI is InChI=1S/C7H4F2N2O3/c8-3-1-2-4(9)6(11(13)14)5(3)7(10)12/h1-2H,(H2,10,12). The van der Waals surface area contributed by atoms with Gasteiger partial charge in [0, 0.05) is 0 Å². The average Bonchev–Trinajstić information content (AvgIpc) is 2.07. The summed E-state index contributed by atoms with van der Waals surface area (Å²) < 4.78 is 25.7. The number of primary amides is 1. The van der Waals surface area contributed by atoms with Crippen molar-refractivity contribution in [1.29, 1.82) is 0 Å². The van der Waals surface area contributed by atoms with Gasteiger partial charge < -0.3 is 5.73 Å². The van der Waals surface area contributed by atoms with Gasteiger partial charge in [-0.25, -0.2) is 4.39 Å². The van der Waals surface area contributed by atoms with Crippen LogP contribution in [0.3, 0.4) is 0 Å². The minimum Gasteiger partial charge on any atom is -0.365 e. The van der Waals surface area contributed by atoms with Crippen LogP contribution in [0.15, 0.2) is 12.1 Å². The van der Waals surface area contributed by atoms with Crippen LogP contribution in [0, 0.1) is 21.7 Å². The first kappa shape index (κ1) is 10.0. The Morgan fingerprint density at radius 1 is 1.36 bits per heavy atom. The number of benzene rings is 1. The lowest BCUT2D eigenvalue weighted by molar-refractivity contribution is -0.388. The molecular weight excluding hydrogens is 198 g/mol. The maximum absolute atomic E-state index is 12.9. The van der Waals surface area contributed by atoms with Crippen LogP contribution < -0.4 is 5.73 Å². The van der Waals surface area contributed by atoms with E-state index in [2.05, 4.69) is 5.73 Å². The van der Waals surface area contributed by atoms with Gasteiger partial charge in [-0.3, -0.25) is 14.9 Å². The number of hydrogen-bond acceptors (Lipinski definition) is 3. The van der Waals surface area contributed by atoms with Crippen LogP contribution in [0.1, 0.15) is 10.4 Å². The van der Waals surface area contributed by atoms with Crippen molar-refractivity contribution in [2.24, 2.45) is 5.73 Å². The Kier molecular flexibility index (Phi) is 2.41. The second-order valence-electron chi connectivity index (χ2n) is 2.37. The smallest absolute Gasteiger partial charge is 0.320 e. The first-order chi connectivity index (χ1) is 6.45. The summed E-state index contributed by atoms with van der Waals surface area (Å²) in [5.74, 6) is -3.90. The number of hydrogen-bond donors (Lipinski definition) is 1. The van der Waals surface area contributed by atoms with Crippen LogP contribution in [0.25, 0.3) is 0 Å². The van der Waals surface area contributed by atoms with Crippen molar-refractivity contribution in [2.45, 2.75) is 0 Å². The molecule has 5 nitrogen and oxygen atoms in total. The quantitative estimate of drug-likeness (QED) is 0.572. The molecule has 0 saturated heterocycles. The van der Waals surface area contributed by atoms with Gasteiger partial charge in [0.15, 0.2) is 5.56 Å². The van der Waals surface area contributed by atoms with Gasteiger partial charge >= 0.3 is 5.69 Å². The van der Waals surface area contributed by atoms with Crippen LogP contribution >= 0.6 is 0 Å². The molecular formula is C7H4F2N2O3. The summed E-state index contributed by atoms with van der Waals surface area (Å²) in [6.07, 6.45) is 0. The molecule has 0 aliphatic rings. The zero-order chi connectivity index (χ0) is 10.9. The number of carbonyl (C=O) groups is 1. The lowest BCUT2D eigenvalue weighted by atomic mass is 10.1. The molecule has 1 amide bonds. The predicted octanol–water partition coefficient (Wildman–Crippen LogP) is 0.972. The van der Waals surface area contributed by atoms with Gasteiger partial charge in [0.1, 0.15) is 5.82 Å². The van der Waals surface area contributed by atoms with Gasteiger partial charge in [-0.2, -0.15) is 4.39 Å². The summed E-state index contributed by atoms with van der Waals surface area (Å²) in [5.41, 5.74) is 2.39. The third-order valence-electron chi connectivity index (χ3n) is 1.51. The summed E-state index contributed by atoms with van der Waals surface area (Å²) in [4.78, 5) is 19.7. The Hall–Kier alpha value is -2.05. The lowest BCUT2D eigenvalue weighted by Gasteiger charge is -2.00. The zero-order valence-corrected chi connectivity index (χ0v) is 6.66. The second-order valence-corrected chi connectivity index (χ2v) is 2.37. The van der Waals surface area contributed by atoms with Gasteiger partial charge in [-0.15, -0.1) is 0 Å². The Balaban J connectivity index is 3.58. The average molecular weight is 202 g/mol. The fourth-order valence-electron chi connectivity index (χ4n) is 0.954. The number of nitrogens with two attached hydrogens (primary N) is 1. The lowest BCUT2D eigenvalue weighted by Crippen LogP contribution is -2.16. The van der Waals surface area contributed by atoms with Crippen molar-refractivity contribution in [1.82, 2.24) is 0 Å². The normalized spacial score (nSPS) is 9.86. The maximum Gasteiger partial charge on any atom is 0.320 e. The number of rotatable bonds is 2. The van der Waals surface area contributed by atoms with Gasteiger partial charge in [-0.1, -0.05) is 0 Å². The Labute approximate surface area is 76.3 Å². The van der Waals surface area contributed by atoms with E-state index < -0.39 is 33.7 Å². The number of nitro groups is 1. The van der Waals surface area contributed by atoms with Crippen molar-refractivity contribution in [3.8, 4) is 0 Å². The highest BCUT2D eigenvalue weighted by Gasteiger charge is 2.27. The van der Waals surface area contributed by atoms with Crippen LogP contribution in [0.5, 0.6) is 0 Å². The predicted molar refractivity (Wildman–Crippen MR) is 41.5 cm³/mol. The first-order valence-corrected chi connectivity index (χ1v) is 3.37. The molecule has 7 heteroatoms. The van der Waals surface area contributed by atoms with E-state index in [1.165, 1.54) is 0 Å². The van der Waals surface area contributed by atoms with E-state index in [0.717, 1.165) is 0 Å². The summed E-state index contributed by atoms with van der Waals surface area (Å²) in [7, 11) is 0. The molecule has 0 saturated carbocycles. The summed E-state index contributed by atoms with van der Waals surface area (Å²) in [6.45, 7) is 0. The van der Waals surface area contributed by atoms with Gasteiger partial charge in [-0.05, 0) is 12.1 Å². The van der Waals surface area contributed by atoms with Crippen LogP contribution in [-0.2, 0) is 0 Å². The summed E-state index contributed by atoms with van der Waals surface area (Å²) >= 11 is 0. The topological polar surface area (TPSA) is 86.2 Å². The van der Waals surface area contributed by atoms with Gasteiger partial charge in [0.05, 0.1) is 4.92 Å². The van der Waals surface area contributed by atoms with E-state index in [4.69, 9.17) is 0 Å². The van der Waals surface area contributed by atoms with Crippen molar-refractivity contribution in [3.63, 3.8) is 0 Å². The molecule has 0 unspecified atom stereocenters. The third-order valence-corrected chi connectivity index (χ3v) is 1.51. The fraction of sp³-hybridized carbons (Fsp3) is 0. The molecule has 1 rings (SSSR count). The first-order valence-electron chi connectivity index (χ1n) is 3.37. The fourth-order valence-corrected chi connectivity index (χ4v) is 0.954. The summed E-state index contributed by atoms with van der Waals surface area (Å²) in [6, 6.07) is 1.16. The van der Waals surface area contributed by atoms with Crippen LogP contribution in [0.2, 0.25) is 0 Å². The molecule has 0 radical (unpaired) electrons. The number of halogens is 2. The SMILES string of the molecule is NC(=O)c1c(F)ccc(F)c1[N+](=O)[O-]. The maximum atomic E-state index is 12.9. The van der Waals surface area contributed by atoms with Crippen LogP contribution in [0.4, 0.5) is 14.5 Å². The highest BCUT2D eigenvalue weighted by Crippen LogP contribution is 2.24. The zero-order valence-electron chi connectivity index (χ0n) is 6.66. The molecule has 74 valence electrons. The Bertz CT molecular complexity index is 381. The molecule has 0 aliphatic carbocycles. The molecule has 0 bridgehead atoms. The molecule has 0 heterocycles. The van der Waals surface area contributed by atoms with E-state index in [9.17, 15) is 23.7 Å². The molecule has 0 atom stereocenters. The number of nitro benzene ring substituents is 1. The van der Waals surface area contributed by atoms with E-state index >= 15 is 0 Å². The minimum absolute atomic E-state index is 0.555. The molecule has 0 spiro atoms. The molecule has 1 aromatic carbocycles. The highest BCUT2D eigenvalue weighted by molar-refractivity contribution is 5.97. The number of amides is 1. The molecule has 0 fully saturated rings. The van der Waals surface area contributed by atoms with Crippen molar-refractivity contribution in [2.75, 3.05) is 0 Å². The number of nitrogens with zero attached hydrogens (tertiary/aromatic N) is 1. The van der Waals surface area contributed by atoms with Gasteiger partial charge in [0.2, 0.25) is 5.82 Å². The largest absolute Gasteiger partial charge is 0.365 e. The third kappa shape index (κ3) is 1.51. The van der Waals surface area contributed by atoms with E-state index in [1.54, 1.807) is 0 Å². The van der Waals surface area contributed by atoms with E-state index in [-0.39, 0.29) is 0 Å². The van der Waals surface area contributed by atoms with Crippen molar-refractivity contribution < 1.29 is 18.5 Å².